The average molecular weight is 395 g/mol. The Morgan fingerprint density at radius 1 is 1.21 bits per heavy atom. The maximum Gasteiger partial charge on any atom is 0.251 e. The van der Waals surface area contributed by atoms with Crippen LogP contribution in [0.1, 0.15) is 28.8 Å². The third-order valence-electron chi connectivity index (χ3n) is 5.61. The number of carbonyl (C=O) groups excluding carboxylic acids is 1. The summed E-state index contributed by atoms with van der Waals surface area (Å²) in [4.78, 5) is 22.0. The molecule has 0 bridgehead atoms. The van der Waals surface area contributed by atoms with Gasteiger partial charge in [0.1, 0.15) is 11.6 Å². The molecule has 1 aliphatic carbocycles. The van der Waals surface area contributed by atoms with Crippen LogP contribution in [0.25, 0.3) is 0 Å². The Kier molecular flexibility index (Phi) is 6.30. The molecule has 0 unspecified atom stereocenters. The van der Waals surface area contributed by atoms with E-state index < -0.39 is 0 Å². The van der Waals surface area contributed by atoms with Crippen LogP contribution in [0.15, 0.2) is 42.5 Å². The molecular weight excluding hydrogens is 364 g/mol. The van der Waals surface area contributed by atoms with Crippen LogP contribution in [0.5, 0.6) is 0 Å². The van der Waals surface area contributed by atoms with Gasteiger partial charge in [-0.1, -0.05) is 30.3 Å². The summed E-state index contributed by atoms with van der Waals surface area (Å²) >= 11 is 0. The number of hydrogen-bond acceptors (Lipinski definition) is 5. The highest BCUT2D eigenvalue weighted by atomic mass is 16.5. The number of ether oxygens (including phenoxy) is 1. The van der Waals surface area contributed by atoms with Crippen LogP contribution in [0.3, 0.4) is 0 Å². The number of benzene rings is 1. The molecule has 29 heavy (non-hydrogen) atoms. The van der Waals surface area contributed by atoms with E-state index in [1.807, 2.05) is 25.2 Å². The molecule has 2 aliphatic rings. The second-order valence-corrected chi connectivity index (χ2v) is 7.98. The molecule has 2 aromatic rings. The Labute approximate surface area is 172 Å². The molecule has 2 fully saturated rings. The highest BCUT2D eigenvalue weighted by molar-refractivity contribution is 5.95. The third-order valence-corrected chi connectivity index (χ3v) is 5.61. The topological polar surface area (TPSA) is 57.7 Å². The van der Waals surface area contributed by atoms with Gasteiger partial charge in [-0.3, -0.25) is 4.79 Å². The average Bonchev–Trinajstić information content (AvgIpc) is 3.61. The van der Waals surface area contributed by atoms with Crippen molar-refractivity contribution in [1.29, 1.82) is 0 Å². The van der Waals surface area contributed by atoms with E-state index in [1.165, 1.54) is 18.4 Å². The molecule has 1 saturated carbocycles. The lowest BCUT2D eigenvalue weighted by atomic mass is 10.1. The monoisotopic (exact) mass is 394 g/mol. The van der Waals surface area contributed by atoms with Crippen LogP contribution in [0.4, 0.5) is 11.6 Å². The number of nitrogens with zero attached hydrogens (tertiary/aromatic N) is 3. The van der Waals surface area contributed by atoms with Gasteiger partial charge < -0.3 is 19.9 Å². The number of anilines is 2. The fraction of sp³-hybridized carbons (Fsp3) is 0.478. The van der Waals surface area contributed by atoms with Crippen LogP contribution in [0.2, 0.25) is 0 Å². The predicted octanol–water partition coefficient (Wildman–Crippen LogP) is 2.74. The summed E-state index contributed by atoms with van der Waals surface area (Å²) in [5, 5.41) is 3.09. The summed E-state index contributed by atoms with van der Waals surface area (Å²) in [5.74, 6) is 2.34. The normalized spacial score (nSPS) is 16.5. The molecule has 4 rings (SSSR count). The summed E-state index contributed by atoms with van der Waals surface area (Å²) in [6.45, 7) is 4.60. The quantitative estimate of drug-likeness (QED) is 0.746. The van der Waals surface area contributed by atoms with Crippen molar-refractivity contribution >= 4 is 17.5 Å². The van der Waals surface area contributed by atoms with Gasteiger partial charge in [-0.2, -0.15) is 0 Å². The Morgan fingerprint density at radius 2 is 1.97 bits per heavy atom. The van der Waals surface area contributed by atoms with Crippen LogP contribution >= 0.6 is 0 Å². The Morgan fingerprint density at radius 3 is 2.69 bits per heavy atom. The molecule has 6 nitrogen and oxygen atoms in total. The molecule has 154 valence electrons. The van der Waals surface area contributed by atoms with E-state index >= 15 is 0 Å². The highest BCUT2D eigenvalue weighted by Crippen LogP contribution is 2.28. The number of aromatic nitrogens is 1. The van der Waals surface area contributed by atoms with E-state index in [9.17, 15) is 4.79 Å². The van der Waals surface area contributed by atoms with Gasteiger partial charge in [0, 0.05) is 38.8 Å². The Hall–Kier alpha value is -2.60. The van der Waals surface area contributed by atoms with Crippen molar-refractivity contribution in [2.45, 2.75) is 19.3 Å². The molecule has 0 atom stereocenters. The van der Waals surface area contributed by atoms with Gasteiger partial charge in [0.15, 0.2) is 0 Å². The number of likely N-dealkylation sites (N-methyl/N-ethyl adjacent to an activating group) is 1. The SMILES string of the molecule is CN(CCc1ccccc1)c1cc(C(=O)NCC2CC2)cc(N2CCOCC2)n1. The minimum absolute atomic E-state index is 0.00785. The molecule has 6 heteroatoms. The van der Waals surface area contributed by atoms with Crippen LogP contribution in [-0.4, -0.2) is 57.3 Å². The smallest absolute Gasteiger partial charge is 0.251 e. The van der Waals surface area contributed by atoms with Crippen LogP contribution < -0.4 is 15.1 Å². The first-order valence-corrected chi connectivity index (χ1v) is 10.6. The zero-order valence-electron chi connectivity index (χ0n) is 17.1. The van der Waals surface area contributed by atoms with Gasteiger partial charge >= 0.3 is 0 Å². The van der Waals surface area contributed by atoms with Gasteiger partial charge in [-0.15, -0.1) is 0 Å². The minimum Gasteiger partial charge on any atom is -0.378 e. The number of morpholine rings is 1. The molecule has 1 amide bonds. The fourth-order valence-corrected chi connectivity index (χ4v) is 3.50. The molecule has 1 aromatic carbocycles. The van der Waals surface area contributed by atoms with Crippen LogP contribution in [0, 0.1) is 5.92 Å². The third kappa shape index (κ3) is 5.48. The van der Waals surface area contributed by atoms with E-state index in [0.29, 0.717) is 24.7 Å². The number of carbonyl (C=O) groups is 1. The largest absolute Gasteiger partial charge is 0.378 e. The number of pyridine rings is 1. The van der Waals surface area contributed by atoms with Gasteiger partial charge in [-0.05, 0) is 42.9 Å². The molecule has 1 aliphatic heterocycles. The molecule has 0 radical (unpaired) electrons. The second-order valence-electron chi connectivity index (χ2n) is 7.98. The Balaban J connectivity index is 1.51. The first-order valence-electron chi connectivity index (χ1n) is 10.6. The maximum absolute atomic E-state index is 12.8. The van der Waals surface area contributed by atoms with Gasteiger partial charge in [0.25, 0.3) is 5.91 Å². The molecule has 2 heterocycles. The molecular formula is C23H30N4O2. The Bertz CT molecular complexity index is 817. The van der Waals surface area contributed by atoms with E-state index in [2.05, 4.69) is 39.4 Å². The van der Waals surface area contributed by atoms with E-state index in [0.717, 1.165) is 44.2 Å². The standard InChI is InChI=1S/C23H30N4O2/c1-26(10-9-18-5-3-2-4-6-18)21-15-20(23(28)24-17-19-7-8-19)16-22(25-21)27-11-13-29-14-12-27/h2-6,15-16,19H,7-14,17H2,1H3,(H,24,28). The minimum atomic E-state index is -0.00785. The van der Waals surface area contributed by atoms with Gasteiger partial charge in [0.05, 0.1) is 13.2 Å². The summed E-state index contributed by atoms with van der Waals surface area (Å²) in [7, 11) is 2.04. The lowest BCUT2D eigenvalue weighted by molar-refractivity contribution is 0.0951. The summed E-state index contributed by atoms with van der Waals surface area (Å²) in [5.41, 5.74) is 1.98. The van der Waals surface area contributed by atoms with Crippen molar-refractivity contribution < 1.29 is 9.53 Å². The van der Waals surface area contributed by atoms with Crippen molar-refractivity contribution in [3.05, 3.63) is 53.6 Å². The van der Waals surface area contributed by atoms with Crippen molar-refractivity contribution in [3.8, 4) is 0 Å². The maximum atomic E-state index is 12.8. The van der Waals surface area contributed by atoms with Crippen molar-refractivity contribution in [2.24, 2.45) is 5.92 Å². The highest BCUT2D eigenvalue weighted by Gasteiger charge is 2.23. The number of nitrogens with one attached hydrogen (secondary N) is 1. The molecule has 1 saturated heterocycles. The molecule has 1 aromatic heterocycles. The van der Waals surface area contributed by atoms with E-state index in [4.69, 9.17) is 9.72 Å². The fourth-order valence-electron chi connectivity index (χ4n) is 3.50. The molecule has 0 spiro atoms. The van der Waals surface area contributed by atoms with Crippen molar-refractivity contribution in [3.63, 3.8) is 0 Å². The summed E-state index contributed by atoms with van der Waals surface area (Å²) in [6, 6.07) is 14.3. The first kappa shape index (κ1) is 19.7. The lowest BCUT2D eigenvalue weighted by Crippen LogP contribution is -2.37. The molecule has 1 N–H and O–H groups in total. The number of amides is 1. The zero-order chi connectivity index (χ0) is 20.1. The lowest BCUT2D eigenvalue weighted by Gasteiger charge is -2.29. The van der Waals surface area contributed by atoms with Crippen LogP contribution in [-0.2, 0) is 11.2 Å². The van der Waals surface area contributed by atoms with Crippen molar-refractivity contribution in [2.75, 3.05) is 56.2 Å². The summed E-state index contributed by atoms with van der Waals surface area (Å²) < 4.78 is 5.48. The number of rotatable bonds is 8. The predicted molar refractivity (Wildman–Crippen MR) is 116 cm³/mol. The van der Waals surface area contributed by atoms with E-state index in [1.54, 1.807) is 0 Å². The summed E-state index contributed by atoms with van der Waals surface area (Å²) in [6.07, 6.45) is 3.39. The van der Waals surface area contributed by atoms with Crippen molar-refractivity contribution in [1.82, 2.24) is 10.3 Å². The zero-order valence-corrected chi connectivity index (χ0v) is 17.1. The van der Waals surface area contributed by atoms with E-state index in [-0.39, 0.29) is 5.91 Å². The first-order chi connectivity index (χ1) is 14.2. The van der Waals surface area contributed by atoms with Gasteiger partial charge in [-0.25, -0.2) is 4.98 Å². The second kappa shape index (κ2) is 9.27. The van der Waals surface area contributed by atoms with Gasteiger partial charge in [0.2, 0.25) is 0 Å². The number of hydrogen-bond donors (Lipinski definition) is 1.